The second-order valence-corrected chi connectivity index (χ2v) is 6.84. The van der Waals surface area contributed by atoms with Crippen molar-refractivity contribution >= 4 is 23.8 Å². The van der Waals surface area contributed by atoms with Gasteiger partial charge >= 0.3 is 18.0 Å². The monoisotopic (exact) mass is 402 g/mol. The number of ether oxygens (including phenoxy) is 2. The van der Waals surface area contributed by atoms with Crippen molar-refractivity contribution < 1.29 is 28.7 Å². The summed E-state index contributed by atoms with van der Waals surface area (Å²) in [7, 11) is 0. The Hall–Kier alpha value is -3.16. The minimum atomic E-state index is -0.597. The van der Waals surface area contributed by atoms with Gasteiger partial charge in [0.15, 0.2) is 5.78 Å². The Morgan fingerprint density at radius 2 is 1.83 bits per heavy atom. The van der Waals surface area contributed by atoms with E-state index in [9.17, 15) is 19.2 Å². The van der Waals surface area contributed by atoms with Crippen LogP contribution in [0.4, 0.5) is 4.79 Å². The molecule has 0 saturated carbocycles. The third kappa shape index (κ3) is 5.91. The van der Waals surface area contributed by atoms with Gasteiger partial charge in [0, 0.05) is 12.0 Å². The zero-order valence-corrected chi connectivity index (χ0v) is 17.1. The molecule has 2 amide bonds. The topological polar surface area (TPSA) is 111 Å². The van der Waals surface area contributed by atoms with Gasteiger partial charge in [0.25, 0.3) is 0 Å². The molecule has 0 saturated heterocycles. The van der Waals surface area contributed by atoms with E-state index in [0.29, 0.717) is 5.56 Å². The maximum absolute atomic E-state index is 12.4. The summed E-state index contributed by atoms with van der Waals surface area (Å²) in [4.78, 5) is 48.3. The van der Waals surface area contributed by atoms with Crippen molar-refractivity contribution in [3.05, 3.63) is 46.2 Å². The number of urea groups is 1. The van der Waals surface area contributed by atoms with Crippen molar-refractivity contribution in [1.82, 2.24) is 10.6 Å². The second kappa shape index (κ2) is 9.86. The Morgan fingerprint density at radius 3 is 2.52 bits per heavy atom. The Bertz CT molecular complexity index is 859. The highest BCUT2D eigenvalue weighted by atomic mass is 16.5. The van der Waals surface area contributed by atoms with E-state index in [-0.39, 0.29) is 43.1 Å². The summed E-state index contributed by atoms with van der Waals surface area (Å²) in [6.07, 6.45) is -0.0901. The van der Waals surface area contributed by atoms with E-state index in [1.54, 1.807) is 19.9 Å². The molecule has 0 radical (unpaired) electrons. The Balaban J connectivity index is 1.98. The van der Waals surface area contributed by atoms with Crippen molar-refractivity contribution in [3.63, 3.8) is 0 Å². The Labute approximate surface area is 169 Å². The summed E-state index contributed by atoms with van der Waals surface area (Å²) in [5.41, 5.74) is 2.78. The standard InChI is InChI=1S/C21H26N2O6/c1-5-28-20(26)19-14(4)22-21(27)23-16(19)11-29-18(25)9-8-17(24)15-10-12(2)6-7-13(15)3/h6-7,10,14H,5,8-9,11H2,1-4H3,(H2,22,23,27)/t14-/m0/s1. The number of esters is 2. The molecule has 0 aromatic heterocycles. The predicted octanol–water partition coefficient (Wildman–Crippen LogP) is 2.33. The second-order valence-electron chi connectivity index (χ2n) is 6.84. The minimum Gasteiger partial charge on any atom is -0.463 e. The lowest BCUT2D eigenvalue weighted by molar-refractivity contribution is -0.143. The van der Waals surface area contributed by atoms with Crippen LogP contribution in [0.2, 0.25) is 0 Å². The van der Waals surface area contributed by atoms with E-state index < -0.39 is 24.0 Å². The van der Waals surface area contributed by atoms with Crippen LogP contribution in [0.1, 0.15) is 48.2 Å². The summed E-state index contributed by atoms with van der Waals surface area (Å²) in [5.74, 6) is -1.33. The predicted molar refractivity (Wildman–Crippen MR) is 105 cm³/mol. The van der Waals surface area contributed by atoms with Crippen LogP contribution in [0.15, 0.2) is 29.5 Å². The van der Waals surface area contributed by atoms with Gasteiger partial charge in [-0.15, -0.1) is 0 Å². The molecular weight excluding hydrogens is 376 g/mol. The van der Waals surface area contributed by atoms with Crippen LogP contribution in [0, 0.1) is 13.8 Å². The first kappa shape index (κ1) is 22.1. The number of Topliss-reactive ketones (excluding diaryl/α,β-unsaturated/α-hetero) is 1. The summed E-state index contributed by atoms with van der Waals surface area (Å²) >= 11 is 0. The fourth-order valence-corrected chi connectivity index (χ4v) is 3.00. The molecule has 1 aromatic carbocycles. The number of hydrogen-bond acceptors (Lipinski definition) is 6. The fraction of sp³-hybridized carbons (Fsp3) is 0.429. The van der Waals surface area contributed by atoms with Crippen LogP contribution in [-0.4, -0.2) is 43.0 Å². The zero-order chi connectivity index (χ0) is 21.6. The molecule has 1 heterocycles. The third-order valence-corrected chi connectivity index (χ3v) is 4.49. The van der Waals surface area contributed by atoms with E-state index >= 15 is 0 Å². The number of aryl methyl sites for hydroxylation is 2. The lowest BCUT2D eigenvalue weighted by Gasteiger charge is -2.26. The number of rotatable bonds is 8. The van der Waals surface area contributed by atoms with E-state index in [4.69, 9.17) is 9.47 Å². The van der Waals surface area contributed by atoms with Crippen LogP contribution in [-0.2, 0) is 19.1 Å². The molecule has 2 N–H and O–H groups in total. The number of nitrogens with one attached hydrogen (secondary N) is 2. The van der Waals surface area contributed by atoms with Gasteiger partial charge in [0.05, 0.1) is 30.3 Å². The molecule has 8 heteroatoms. The Kier molecular flexibility index (Phi) is 7.52. The average Bonchev–Trinajstić information content (AvgIpc) is 2.65. The molecule has 0 aliphatic carbocycles. The first-order valence-corrected chi connectivity index (χ1v) is 9.46. The van der Waals surface area contributed by atoms with Crippen LogP contribution in [0.25, 0.3) is 0 Å². The number of benzene rings is 1. The van der Waals surface area contributed by atoms with Crippen LogP contribution < -0.4 is 10.6 Å². The molecule has 1 aliphatic rings. The highest BCUT2D eigenvalue weighted by Gasteiger charge is 2.30. The number of carbonyl (C=O) groups is 4. The highest BCUT2D eigenvalue weighted by Crippen LogP contribution is 2.16. The summed E-state index contributed by atoms with van der Waals surface area (Å²) < 4.78 is 10.2. The van der Waals surface area contributed by atoms with Crippen LogP contribution in [0.5, 0.6) is 0 Å². The van der Waals surface area contributed by atoms with Crippen molar-refractivity contribution in [3.8, 4) is 0 Å². The Morgan fingerprint density at radius 1 is 1.10 bits per heavy atom. The van der Waals surface area contributed by atoms with Crippen molar-refractivity contribution in [2.45, 2.75) is 46.6 Å². The van der Waals surface area contributed by atoms with E-state index in [1.807, 2.05) is 26.0 Å². The van der Waals surface area contributed by atoms with E-state index in [1.165, 1.54) is 0 Å². The number of amides is 2. The first-order valence-electron chi connectivity index (χ1n) is 9.46. The molecule has 29 heavy (non-hydrogen) atoms. The molecule has 1 aliphatic heterocycles. The van der Waals surface area contributed by atoms with Gasteiger partial charge < -0.3 is 20.1 Å². The quantitative estimate of drug-likeness (QED) is 0.510. The maximum atomic E-state index is 12.4. The third-order valence-electron chi connectivity index (χ3n) is 4.49. The molecule has 8 nitrogen and oxygen atoms in total. The zero-order valence-electron chi connectivity index (χ0n) is 17.1. The summed E-state index contributed by atoms with van der Waals surface area (Å²) in [6, 6.07) is 4.50. The summed E-state index contributed by atoms with van der Waals surface area (Å²) in [5, 5.41) is 5.04. The number of ketones is 1. The number of carbonyl (C=O) groups excluding carboxylic acids is 4. The molecule has 1 atom stereocenters. The highest BCUT2D eigenvalue weighted by molar-refractivity contribution is 5.99. The SMILES string of the molecule is CCOC(=O)C1=C(COC(=O)CCC(=O)c2cc(C)ccc2C)NC(=O)N[C@H]1C. The maximum Gasteiger partial charge on any atom is 0.338 e. The van der Waals surface area contributed by atoms with Gasteiger partial charge in [0.1, 0.15) is 6.61 Å². The summed E-state index contributed by atoms with van der Waals surface area (Å²) in [6.45, 7) is 6.93. The fourth-order valence-electron chi connectivity index (χ4n) is 3.00. The van der Waals surface area contributed by atoms with Gasteiger partial charge in [-0.3, -0.25) is 9.59 Å². The van der Waals surface area contributed by atoms with Crippen molar-refractivity contribution in [2.75, 3.05) is 13.2 Å². The van der Waals surface area contributed by atoms with Crippen LogP contribution >= 0.6 is 0 Å². The van der Waals surface area contributed by atoms with Crippen molar-refractivity contribution in [1.29, 1.82) is 0 Å². The molecule has 2 rings (SSSR count). The molecule has 0 bridgehead atoms. The molecule has 0 spiro atoms. The molecule has 156 valence electrons. The van der Waals surface area contributed by atoms with Gasteiger partial charge in [-0.05, 0) is 39.3 Å². The van der Waals surface area contributed by atoms with E-state index in [0.717, 1.165) is 11.1 Å². The lowest BCUT2D eigenvalue weighted by Crippen LogP contribution is -2.50. The van der Waals surface area contributed by atoms with Crippen molar-refractivity contribution in [2.24, 2.45) is 0 Å². The number of hydrogen-bond donors (Lipinski definition) is 2. The lowest BCUT2D eigenvalue weighted by atomic mass is 9.99. The smallest absolute Gasteiger partial charge is 0.338 e. The molecule has 0 fully saturated rings. The van der Waals surface area contributed by atoms with Crippen LogP contribution in [0.3, 0.4) is 0 Å². The van der Waals surface area contributed by atoms with Gasteiger partial charge in [-0.2, -0.15) is 0 Å². The van der Waals surface area contributed by atoms with E-state index in [2.05, 4.69) is 10.6 Å². The normalized spacial score (nSPS) is 16.0. The van der Waals surface area contributed by atoms with Gasteiger partial charge in [-0.25, -0.2) is 9.59 Å². The minimum absolute atomic E-state index is 0.0111. The molecule has 0 unspecified atom stereocenters. The molecule has 1 aromatic rings. The van der Waals surface area contributed by atoms with Gasteiger partial charge in [-0.1, -0.05) is 17.7 Å². The largest absolute Gasteiger partial charge is 0.463 e. The van der Waals surface area contributed by atoms with Gasteiger partial charge in [0.2, 0.25) is 0 Å². The first-order chi connectivity index (χ1) is 13.7. The average molecular weight is 402 g/mol. The molecular formula is C21H26N2O6.